The van der Waals surface area contributed by atoms with Gasteiger partial charge in [0, 0.05) is 30.9 Å². The molecule has 166 valence electrons. The Balaban J connectivity index is 1.55. The van der Waals surface area contributed by atoms with Gasteiger partial charge >= 0.3 is 0 Å². The number of rotatable bonds is 5. The van der Waals surface area contributed by atoms with Crippen molar-refractivity contribution in [1.82, 2.24) is 4.31 Å². The van der Waals surface area contributed by atoms with Gasteiger partial charge in [0.1, 0.15) is 0 Å². The molecule has 0 unspecified atom stereocenters. The highest BCUT2D eigenvalue weighted by Gasteiger charge is 2.28. The zero-order valence-corrected chi connectivity index (χ0v) is 18.9. The lowest BCUT2D eigenvalue weighted by Gasteiger charge is -2.29. The van der Waals surface area contributed by atoms with Crippen molar-refractivity contribution >= 4 is 37.3 Å². The molecular weight excluding hydrogens is 438 g/mol. The van der Waals surface area contributed by atoms with E-state index in [1.165, 1.54) is 27.0 Å². The number of hydrogen-bond donors (Lipinski definition) is 1. The first kappa shape index (κ1) is 21.8. The lowest BCUT2D eigenvalue weighted by Crippen LogP contribution is -2.34. The number of carbonyl (C=O) groups excluding carboxylic acids is 1. The fourth-order valence-corrected chi connectivity index (χ4v) is 6.62. The molecule has 2 aliphatic rings. The normalized spacial score (nSPS) is 17.4. The van der Waals surface area contributed by atoms with Crippen LogP contribution in [0.2, 0.25) is 0 Å². The Morgan fingerprint density at radius 2 is 1.68 bits per heavy atom. The van der Waals surface area contributed by atoms with Gasteiger partial charge in [0.05, 0.1) is 16.8 Å². The molecule has 2 aromatic rings. The minimum atomic E-state index is -3.57. The largest absolute Gasteiger partial charge is 0.322 e. The van der Waals surface area contributed by atoms with Crippen molar-refractivity contribution in [1.29, 1.82) is 0 Å². The van der Waals surface area contributed by atoms with Gasteiger partial charge in [-0.25, -0.2) is 16.8 Å². The Labute approximate surface area is 183 Å². The van der Waals surface area contributed by atoms with E-state index in [-0.39, 0.29) is 10.8 Å². The average Bonchev–Trinajstić information content (AvgIpc) is 3.28. The highest BCUT2D eigenvalue weighted by atomic mass is 32.2. The van der Waals surface area contributed by atoms with Crippen LogP contribution in [0.4, 0.5) is 11.4 Å². The number of fused-ring (bicyclic) bond motifs is 1. The quantitative estimate of drug-likeness (QED) is 0.734. The maximum absolute atomic E-state index is 12.8. The number of hydrogen-bond acceptors (Lipinski definition) is 5. The van der Waals surface area contributed by atoms with Crippen LogP contribution >= 0.6 is 0 Å². The maximum Gasteiger partial charge on any atom is 0.255 e. The molecule has 0 aromatic heterocycles. The van der Waals surface area contributed by atoms with E-state index in [0.717, 1.165) is 18.4 Å². The van der Waals surface area contributed by atoms with Gasteiger partial charge in [0.2, 0.25) is 20.0 Å². The molecule has 0 spiro atoms. The summed E-state index contributed by atoms with van der Waals surface area (Å²) in [6.07, 6.45) is 4.25. The van der Waals surface area contributed by atoms with E-state index in [1.54, 1.807) is 30.3 Å². The van der Waals surface area contributed by atoms with Crippen LogP contribution in [0.3, 0.4) is 0 Å². The second kappa shape index (κ2) is 8.25. The highest BCUT2D eigenvalue weighted by molar-refractivity contribution is 7.92. The van der Waals surface area contributed by atoms with Crippen LogP contribution in [0.1, 0.15) is 35.2 Å². The highest BCUT2D eigenvalue weighted by Crippen LogP contribution is 2.30. The summed E-state index contributed by atoms with van der Waals surface area (Å²) >= 11 is 0. The van der Waals surface area contributed by atoms with Crippen LogP contribution in [-0.4, -0.2) is 52.9 Å². The van der Waals surface area contributed by atoms with Gasteiger partial charge in [-0.15, -0.1) is 0 Å². The molecule has 1 saturated heterocycles. The van der Waals surface area contributed by atoms with Crippen molar-refractivity contribution in [2.45, 2.75) is 30.6 Å². The van der Waals surface area contributed by atoms with Crippen LogP contribution in [0, 0.1) is 0 Å². The van der Waals surface area contributed by atoms with Gasteiger partial charge in [0.25, 0.3) is 5.91 Å². The van der Waals surface area contributed by atoms with Crippen molar-refractivity contribution in [3.8, 4) is 0 Å². The third kappa shape index (κ3) is 4.46. The van der Waals surface area contributed by atoms with E-state index in [2.05, 4.69) is 5.32 Å². The van der Waals surface area contributed by atoms with Gasteiger partial charge in [-0.05, 0) is 67.6 Å². The second-order valence-electron chi connectivity index (χ2n) is 7.88. The Morgan fingerprint density at radius 3 is 2.39 bits per heavy atom. The minimum Gasteiger partial charge on any atom is -0.322 e. The number of sulfonamides is 2. The number of nitrogens with zero attached hydrogens (tertiary/aromatic N) is 2. The van der Waals surface area contributed by atoms with E-state index >= 15 is 0 Å². The topological polar surface area (TPSA) is 104 Å². The van der Waals surface area contributed by atoms with Crippen molar-refractivity contribution < 1.29 is 21.6 Å². The number of benzene rings is 2. The maximum atomic E-state index is 12.8. The molecule has 0 bridgehead atoms. The molecule has 2 aliphatic heterocycles. The van der Waals surface area contributed by atoms with Gasteiger partial charge in [-0.1, -0.05) is 6.07 Å². The summed E-state index contributed by atoms with van der Waals surface area (Å²) in [7, 11) is -6.95. The zero-order valence-electron chi connectivity index (χ0n) is 17.2. The first-order valence-electron chi connectivity index (χ1n) is 10.2. The van der Waals surface area contributed by atoms with E-state index in [9.17, 15) is 21.6 Å². The molecule has 0 saturated carbocycles. The van der Waals surface area contributed by atoms with Crippen LogP contribution in [-0.2, 0) is 26.5 Å². The fraction of sp³-hybridized carbons (Fsp3) is 0.381. The smallest absolute Gasteiger partial charge is 0.255 e. The van der Waals surface area contributed by atoms with Gasteiger partial charge in [0.15, 0.2) is 0 Å². The van der Waals surface area contributed by atoms with Crippen molar-refractivity contribution in [2.24, 2.45) is 0 Å². The van der Waals surface area contributed by atoms with Crippen LogP contribution in [0.15, 0.2) is 47.4 Å². The monoisotopic (exact) mass is 463 g/mol. The number of carbonyl (C=O) groups is 1. The summed E-state index contributed by atoms with van der Waals surface area (Å²) in [5.74, 6) is -0.380. The number of aryl methyl sites for hydroxylation is 1. The second-order valence-corrected chi connectivity index (χ2v) is 11.7. The van der Waals surface area contributed by atoms with Crippen molar-refractivity contribution in [2.75, 3.05) is 35.5 Å². The Morgan fingerprint density at radius 1 is 0.935 bits per heavy atom. The summed E-state index contributed by atoms with van der Waals surface area (Å²) in [5, 5.41) is 2.76. The molecule has 0 aliphatic carbocycles. The first-order chi connectivity index (χ1) is 14.7. The SMILES string of the molecule is CS(=O)(=O)N1CCCc2cc(C(=O)Nc3cccc(S(=O)(=O)N4CCCC4)c3)ccc21. The fourth-order valence-electron chi connectivity index (χ4n) is 4.06. The van der Waals surface area contributed by atoms with E-state index < -0.39 is 20.0 Å². The molecule has 31 heavy (non-hydrogen) atoms. The molecule has 1 amide bonds. The molecule has 8 nitrogen and oxygen atoms in total. The summed E-state index contributed by atoms with van der Waals surface area (Å²) in [5.41, 5.74) is 2.18. The summed E-state index contributed by atoms with van der Waals surface area (Å²) in [6.45, 7) is 1.45. The summed E-state index contributed by atoms with van der Waals surface area (Å²) in [6, 6.07) is 11.2. The van der Waals surface area contributed by atoms with Crippen LogP contribution in [0.5, 0.6) is 0 Å². The molecule has 0 atom stereocenters. The first-order valence-corrected chi connectivity index (χ1v) is 13.5. The van der Waals surface area contributed by atoms with E-state index in [4.69, 9.17) is 0 Å². The van der Waals surface area contributed by atoms with Gasteiger partial charge in [-0.3, -0.25) is 9.10 Å². The molecule has 10 heteroatoms. The van der Waals surface area contributed by atoms with E-state index in [0.29, 0.717) is 49.4 Å². The van der Waals surface area contributed by atoms with E-state index in [1.807, 2.05) is 0 Å². The standard InChI is InChI=1S/C21H25N3O5S2/c1-30(26,27)24-13-5-6-16-14-17(9-10-20(16)24)21(25)22-18-7-4-8-19(15-18)31(28,29)23-11-2-3-12-23/h4,7-10,14-15H,2-3,5-6,11-13H2,1H3,(H,22,25). The molecule has 2 heterocycles. The number of anilines is 2. The predicted molar refractivity (Wildman–Crippen MR) is 119 cm³/mol. The molecule has 0 radical (unpaired) electrons. The van der Waals surface area contributed by atoms with Gasteiger partial charge < -0.3 is 5.32 Å². The van der Waals surface area contributed by atoms with Crippen LogP contribution < -0.4 is 9.62 Å². The molecule has 4 rings (SSSR count). The third-order valence-electron chi connectivity index (χ3n) is 5.61. The lowest BCUT2D eigenvalue weighted by molar-refractivity contribution is 0.102. The van der Waals surface area contributed by atoms with Gasteiger partial charge in [-0.2, -0.15) is 4.31 Å². The Hall–Kier alpha value is -2.43. The number of amides is 1. The molecule has 1 N–H and O–H groups in total. The molecular formula is C21H25N3O5S2. The Bertz CT molecular complexity index is 1220. The zero-order chi connectivity index (χ0) is 22.2. The average molecular weight is 464 g/mol. The Kier molecular flexibility index (Phi) is 5.80. The summed E-state index contributed by atoms with van der Waals surface area (Å²) < 4.78 is 52.4. The predicted octanol–water partition coefficient (Wildman–Crippen LogP) is 2.44. The van der Waals surface area contributed by atoms with Crippen molar-refractivity contribution in [3.63, 3.8) is 0 Å². The molecule has 1 fully saturated rings. The number of nitrogens with one attached hydrogen (secondary N) is 1. The van der Waals surface area contributed by atoms with Crippen molar-refractivity contribution in [3.05, 3.63) is 53.6 Å². The third-order valence-corrected chi connectivity index (χ3v) is 8.69. The molecule has 2 aromatic carbocycles. The minimum absolute atomic E-state index is 0.154. The lowest BCUT2D eigenvalue weighted by atomic mass is 10.0. The summed E-state index contributed by atoms with van der Waals surface area (Å²) in [4.78, 5) is 12.9. The van der Waals surface area contributed by atoms with Crippen LogP contribution in [0.25, 0.3) is 0 Å².